The zero-order valence-corrected chi connectivity index (χ0v) is 22.5. The maximum atomic E-state index is 13.0. The van der Waals surface area contributed by atoms with Gasteiger partial charge in [-0.25, -0.2) is 13.4 Å². The van der Waals surface area contributed by atoms with Gasteiger partial charge in [-0.15, -0.1) is 10.2 Å². The van der Waals surface area contributed by atoms with Crippen LogP contribution < -0.4 is 10.0 Å². The van der Waals surface area contributed by atoms with Crippen LogP contribution >= 0.6 is 23.4 Å². The number of hydrogen-bond donors (Lipinski definition) is 2. The number of halogens is 1. The summed E-state index contributed by atoms with van der Waals surface area (Å²) in [4.78, 5) is 17.8. The van der Waals surface area contributed by atoms with E-state index in [1.807, 2.05) is 13.0 Å². The van der Waals surface area contributed by atoms with Gasteiger partial charge in [-0.3, -0.25) is 9.52 Å². The average Bonchev–Trinajstić information content (AvgIpc) is 3.13. The predicted octanol–water partition coefficient (Wildman–Crippen LogP) is 4.98. The molecule has 0 aliphatic heterocycles. The van der Waals surface area contributed by atoms with E-state index >= 15 is 0 Å². The van der Waals surface area contributed by atoms with Crippen LogP contribution in [0.2, 0.25) is 5.15 Å². The maximum Gasteiger partial charge on any atom is 0.263 e. The monoisotopic (exact) mass is 556 g/mol. The lowest BCUT2D eigenvalue weighted by Crippen LogP contribution is -2.25. The van der Waals surface area contributed by atoms with E-state index < -0.39 is 15.3 Å². The quantitative estimate of drug-likeness (QED) is 0.293. The molecule has 2 aromatic heterocycles. The number of carbonyl (C=O) groups excluding carboxylic acids is 1. The normalized spacial score (nSPS) is 14.1. The third-order valence-electron chi connectivity index (χ3n) is 5.86. The number of benzene rings is 1. The molecule has 2 heterocycles. The van der Waals surface area contributed by atoms with E-state index in [1.165, 1.54) is 48.2 Å². The second-order valence-corrected chi connectivity index (χ2v) is 11.8. The molecule has 0 radical (unpaired) electrons. The summed E-state index contributed by atoms with van der Waals surface area (Å²) in [5.74, 6) is -0.217. The van der Waals surface area contributed by atoms with E-state index in [9.17, 15) is 18.5 Å². The number of carbonyl (C=O) groups is 1. The second-order valence-electron chi connectivity index (χ2n) is 8.49. The van der Waals surface area contributed by atoms with Crippen molar-refractivity contribution in [1.82, 2.24) is 15.2 Å². The highest BCUT2D eigenvalue weighted by molar-refractivity contribution is 8.00. The Balaban J connectivity index is 1.44. The molecule has 3 aromatic rings. The van der Waals surface area contributed by atoms with Crippen molar-refractivity contribution < 1.29 is 13.2 Å². The molecule has 0 spiro atoms. The number of sulfonamides is 1. The highest BCUT2D eigenvalue weighted by atomic mass is 35.5. The Labute approximate surface area is 225 Å². The fourth-order valence-electron chi connectivity index (χ4n) is 3.93. The van der Waals surface area contributed by atoms with Crippen molar-refractivity contribution in [2.75, 3.05) is 10.0 Å². The van der Waals surface area contributed by atoms with E-state index in [1.54, 1.807) is 0 Å². The summed E-state index contributed by atoms with van der Waals surface area (Å²) in [5, 5.41) is 20.1. The fourth-order valence-corrected chi connectivity index (χ4v) is 6.02. The summed E-state index contributed by atoms with van der Waals surface area (Å²) >= 11 is 6.96. The molecule has 0 saturated carbocycles. The zero-order valence-electron chi connectivity index (χ0n) is 20.1. The molecular formula is C25H25ClN6O3S2. The Morgan fingerprint density at radius 3 is 2.57 bits per heavy atom. The zero-order chi connectivity index (χ0) is 26.4. The lowest BCUT2D eigenvalue weighted by molar-refractivity contribution is -0.115. The number of fused-ring (bicyclic) bond motifs is 1. The summed E-state index contributed by atoms with van der Waals surface area (Å²) in [7, 11) is -3.90. The number of pyridine rings is 1. The average molecular weight is 557 g/mol. The molecule has 37 heavy (non-hydrogen) atoms. The van der Waals surface area contributed by atoms with Crippen LogP contribution in [-0.2, 0) is 27.7 Å². The van der Waals surface area contributed by atoms with Crippen LogP contribution in [0.4, 0.5) is 11.5 Å². The third-order valence-corrected chi connectivity index (χ3v) is 8.80. The number of aromatic nitrogens is 3. The smallest absolute Gasteiger partial charge is 0.263 e. The molecule has 9 nitrogen and oxygen atoms in total. The summed E-state index contributed by atoms with van der Waals surface area (Å²) in [6, 6.07) is 12.8. The molecule has 1 atom stereocenters. The topological polar surface area (TPSA) is 138 Å². The first kappa shape index (κ1) is 26.9. The van der Waals surface area contributed by atoms with Crippen molar-refractivity contribution in [2.45, 2.75) is 60.6 Å². The Bertz CT molecular complexity index is 1420. The summed E-state index contributed by atoms with van der Waals surface area (Å²) in [6.07, 6.45) is 5.64. The van der Waals surface area contributed by atoms with Gasteiger partial charge in [-0.05, 0) is 80.1 Å². The van der Waals surface area contributed by atoms with Gasteiger partial charge < -0.3 is 5.32 Å². The summed E-state index contributed by atoms with van der Waals surface area (Å²) < 4.78 is 27.6. The standard InChI is InChI=1S/C25H25ClN6O3S2/c1-2-21(36-25-17(15-27)14-16-6-4-3-5-7-20(16)29-25)24(33)28-18-8-10-19(11-9-18)37(34,35)32-23-13-12-22(26)30-31-23/h8-14,21H,2-7H2,1H3,(H,28,33)(H,31,32). The van der Waals surface area contributed by atoms with Gasteiger partial charge in [0.05, 0.1) is 15.7 Å². The molecule has 4 rings (SSSR count). The van der Waals surface area contributed by atoms with E-state index in [4.69, 9.17) is 16.6 Å². The van der Waals surface area contributed by atoms with Gasteiger partial charge in [-0.1, -0.05) is 36.7 Å². The minimum Gasteiger partial charge on any atom is -0.325 e. The summed E-state index contributed by atoms with van der Waals surface area (Å²) in [5.41, 5.74) is 3.09. The van der Waals surface area contributed by atoms with Crippen molar-refractivity contribution in [2.24, 2.45) is 0 Å². The molecule has 1 amide bonds. The van der Waals surface area contributed by atoms with Crippen molar-refractivity contribution in [3.63, 3.8) is 0 Å². The van der Waals surface area contributed by atoms with Crippen LogP contribution in [0, 0.1) is 11.3 Å². The number of amides is 1. The Hall–Kier alpha value is -3.20. The van der Waals surface area contributed by atoms with Gasteiger partial charge in [-0.2, -0.15) is 5.26 Å². The van der Waals surface area contributed by atoms with Crippen LogP contribution in [0.15, 0.2) is 52.4 Å². The van der Waals surface area contributed by atoms with E-state index in [0.717, 1.165) is 43.4 Å². The number of aryl methyl sites for hydroxylation is 2. The number of thioether (sulfide) groups is 1. The molecule has 0 bridgehead atoms. The largest absolute Gasteiger partial charge is 0.325 e. The Morgan fingerprint density at radius 1 is 1.14 bits per heavy atom. The Kier molecular flexibility index (Phi) is 8.63. The lowest BCUT2D eigenvalue weighted by atomic mass is 10.1. The van der Waals surface area contributed by atoms with Crippen LogP contribution in [0.25, 0.3) is 0 Å². The first-order valence-corrected chi connectivity index (χ1v) is 14.6. The lowest BCUT2D eigenvalue weighted by Gasteiger charge is -2.16. The number of nitrogens with zero attached hydrogens (tertiary/aromatic N) is 4. The molecule has 1 aliphatic rings. The van der Waals surface area contributed by atoms with Crippen molar-refractivity contribution >= 4 is 50.8 Å². The van der Waals surface area contributed by atoms with Crippen LogP contribution in [0.5, 0.6) is 0 Å². The molecular weight excluding hydrogens is 532 g/mol. The molecule has 1 aromatic carbocycles. The molecule has 192 valence electrons. The number of hydrogen-bond acceptors (Lipinski definition) is 8. The second kappa shape index (κ2) is 11.9. The van der Waals surface area contributed by atoms with Crippen LogP contribution in [-0.4, -0.2) is 34.8 Å². The van der Waals surface area contributed by atoms with Crippen molar-refractivity contribution in [3.05, 3.63) is 64.4 Å². The first-order chi connectivity index (χ1) is 17.8. The predicted molar refractivity (Wildman–Crippen MR) is 143 cm³/mol. The van der Waals surface area contributed by atoms with Gasteiger partial charge >= 0.3 is 0 Å². The molecule has 1 aliphatic carbocycles. The van der Waals surface area contributed by atoms with Crippen molar-refractivity contribution in [3.8, 4) is 6.07 Å². The SMILES string of the molecule is CCC(Sc1nc2c(cc1C#N)CCCCC2)C(=O)Nc1ccc(S(=O)(=O)Nc2ccc(Cl)nn2)cc1. The first-order valence-electron chi connectivity index (χ1n) is 11.8. The minimum absolute atomic E-state index is 0.00324. The van der Waals surface area contributed by atoms with Crippen LogP contribution in [0.1, 0.15) is 49.4 Å². The van der Waals surface area contributed by atoms with Crippen LogP contribution in [0.3, 0.4) is 0 Å². The third kappa shape index (κ3) is 6.77. The Morgan fingerprint density at radius 2 is 1.89 bits per heavy atom. The maximum absolute atomic E-state index is 13.0. The van der Waals surface area contributed by atoms with E-state index in [-0.39, 0.29) is 21.8 Å². The summed E-state index contributed by atoms with van der Waals surface area (Å²) in [6.45, 7) is 1.90. The van der Waals surface area contributed by atoms with Gasteiger partial charge in [0.15, 0.2) is 11.0 Å². The fraction of sp³-hybridized carbons (Fsp3) is 0.320. The van der Waals surface area contributed by atoms with Gasteiger partial charge in [0, 0.05) is 11.4 Å². The number of rotatable bonds is 8. The molecule has 1 unspecified atom stereocenters. The van der Waals surface area contributed by atoms with Gasteiger partial charge in [0.25, 0.3) is 10.0 Å². The van der Waals surface area contributed by atoms with Crippen molar-refractivity contribution in [1.29, 1.82) is 5.26 Å². The van der Waals surface area contributed by atoms with E-state index in [2.05, 4.69) is 26.3 Å². The number of nitriles is 1. The number of nitrogens with one attached hydrogen (secondary N) is 2. The minimum atomic E-state index is -3.90. The highest BCUT2D eigenvalue weighted by Gasteiger charge is 2.23. The van der Waals surface area contributed by atoms with E-state index in [0.29, 0.717) is 22.7 Å². The molecule has 2 N–H and O–H groups in total. The number of anilines is 2. The molecule has 12 heteroatoms. The highest BCUT2D eigenvalue weighted by Crippen LogP contribution is 2.31. The van der Waals surface area contributed by atoms with Gasteiger partial charge in [0.2, 0.25) is 5.91 Å². The molecule has 0 saturated heterocycles. The van der Waals surface area contributed by atoms with Gasteiger partial charge in [0.1, 0.15) is 11.1 Å². The molecule has 0 fully saturated rings.